The van der Waals surface area contributed by atoms with Gasteiger partial charge < -0.3 is 5.11 Å². The third kappa shape index (κ3) is 7.66. The molecule has 0 aliphatic heterocycles. The number of benzene rings is 1. The van der Waals surface area contributed by atoms with Crippen LogP contribution in [0.4, 0.5) is 0 Å². The van der Waals surface area contributed by atoms with Crippen LogP contribution >= 0.6 is 0 Å². The zero-order valence-electron chi connectivity index (χ0n) is 12.0. The molecule has 106 valence electrons. The van der Waals surface area contributed by atoms with E-state index in [4.69, 9.17) is 0 Å². The van der Waals surface area contributed by atoms with Crippen LogP contribution in [0.15, 0.2) is 24.3 Å². The Bertz CT molecular complexity index is 371. The SMILES string of the molecule is CCCCCCCCCC(=O)Cc1cccc(O)c1. The first-order chi connectivity index (χ1) is 9.22. The Morgan fingerprint density at radius 2 is 1.74 bits per heavy atom. The van der Waals surface area contributed by atoms with Crippen LogP contribution in [0.2, 0.25) is 0 Å². The number of hydrogen-bond acceptors (Lipinski definition) is 2. The van der Waals surface area contributed by atoms with Crippen molar-refractivity contribution in [2.45, 2.75) is 64.7 Å². The zero-order valence-corrected chi connectivity index (χ0v) is 12.0. The Morgan fingerprint density at radius 3 is 2.42 bits per heavy atom. The molecule has 0 saturated heterocycles. The summed E-state index contributed by atoms with van der Waals surface area (Å²) in [7, 11) is 0. The molecule has 1 aromatic rings. The molecule has 0 radical (unpaired) electrons. The van der Waals surface area contributed by atoms with Gasteiger partial charge in [-0.2, -0.15) is 0 Å². The molecule has 2 heteroatoms. The lowest BCUT2D eigenvalue weighted by atomic mass is 10.0. The molecule has 0 amide bonds. The summed E-state index contributed by atoms with van der Waals surface area (Å²) in [5.41, 5.74) is 0.910. The molecule has 0 heterocycles. The van der Waals surface area contributed by atoms with E-state index in [9.17, 15) is 9.90 Å². The fraction of sp³-hybridized carbons (Fsp3) is 0.588. The van der Waals surface area contributed by atoms with Crippen molar-refractivity contribution >= 4 is 5.78 Å². The Balaban J connectivity index is 2.08. The van der Waals surface area contributed by atoms with Gasteiger partial charge in [-0.15, -0.1) is 0 Å². The van der Waals surface area contributed by atoms with Gasteiger partial charge in [0.15, 0.2) is 0 Å². The third-order valence-electron chi connectivity index (χ3n) is 3.37. The maximum atomic E-state index is 11.8. The second-order valence-electron chi connectivity index (χ2n) is 5.26. The fourth-order valence-electron chi connectivity index (χ4n) is 2.26. The topological polar surface area (TPSA) is 37.3 Å². The number of rotatable bonds is 10. The molecule has 0 spiro atoms. The number of ketones is 1. The average molecular weight is 262 g/mol. The molecule has 0 atom stereocenters. The van der Waals surface area contributed by atoms with Crippen LogP contribution in [0.3, 0.4) is 0 Å². The minimum atomic E-state index is 0.237. The molecule has 0 aliphatic carbocycles. The summed E-state index contributed by atoms with van der Waals surface area (Å²) in [5.74, 6) is 0.514. The third-order valence-corrected chi connectivity index (χ3v) is 3.37. The van der Waals surface area contributed by atoms with E-state index in [1.54, 1.807) is 18.2 Å². The summed E-state index contributed by atoms with van der Waals surface area (Å²) >= 11 is 0. The molecular formula is C17H26O2. The highest BCUT2D eigenvalue weighted by Gasteiger charge is 2.04. The van der Waals surface area contributed by atoms with Gasteiger partial charge in [0.2, 0.25) is 0 Å². The number of phenols is 1. The molecule has 0 aliphatic rings. The van der Waals surface area contributed by atoms with Crippen molar-refractivity contribution in [3.8, 4) is 5.75 Å². The zero-order chi connectivity index (χ0) is 13.9. The summed E-state index contributed by atoms with van der Waals surface area (Å²) in [6.45, 7) is 2.22. The van der Waals surface area contributed by atoms with Gasteiger partial charge in [-0.3, -0.25) is 4.79 Å². The van der Waals surface area contributed by atoms with Crippen molar-refractivity contribution in [2.75, 3.05) is 0 Å². The van der Waals surface area contributed by atoms with Crippen molar-refractivity contribution in [1.29, 1.82) is 0 Å². The van der Waals surface area contributed by atoms with Gasteiger partial charge >= 0.3 is 0 Å². The van der Waals surface area contributed by atoms with Gasteiger partial charge in [-0.1, -0.05) is 57.6 Å². The maximum Gasteiger partial charge on any atom is 0.137 e. The van der Waals surface area contributed by atoms with Crippen molar-refractivity contribution in [2.24, 2.45) is 0 Å². The Morgan fingerprint density at radius 1 is 1.05 bits per heavy atom. The monoisotopic (exact) mass is 262 g/mol. The predicted octanol–water partition coefficient (Wildman–Crippen LogP) is 4.64. The van der Waals surface area contributed by atoms with Gasteiger partial charge in [-0.25, -0.2) is 0 Å². The number of unbranched alkanes of at least 4 members (excludes halogenated alkanes) is 6. The molecule has 0 unspecified atom stereocenters. The van der Waals surface area contributed by atoms with Gasteiger partial charge in [0.05, 0.1) is 0 Å². The molecule has 2 nitrogen and oxygen atoms in total. The Hall–Kier alpha value is -1.31. The minimum absolute atomic E-state index is 0.237. The maximum absolute atomic E-state index is 11.8. The first kappa shape index (κ1) is 15.7. The van der Waals surface area contributed by atoms with Crippen LogP contribution in [-0.4, -0.2) is 10.9 Å². The number of carbonyl (C=O) groups is 1. The van der Waals surface area contributed by atoms with E-state index in [0.29, 0.717) is 12.8 Å². The lowest BCUT2D eigenvalue weighted by Crippen LogP contribution is -2.02. The quantitative estimate of drug-likeness (QED) is 0.623. The van der Waals surface area contributed by atoms with Gasteiger partial charge in [0, 0.05) is 12.8 Å². The second kappa shape index (κ2) is 9.60. The largest absolute Gasteiger partial charge is 0.508 e. The molecule has 0 saturated carbocycles. The van der Waals surface area contributed by atoms with Crippen LogP contribution in [0, 0.1) is 0 Å². The standard InChI is InChI=1S/C17H26O2/c1-2-3-4-5-6-7-8-11-16(18)13-15-10-9-12-17(19)14-15/h9-10,12,14,19H,2-8,11,13H2,1H3. The average Bonchev–Trinajstić information content (AvgIpc) is 2.37. The molecule has 1 rings (SSSR count). The number of aromatic hydroxyl groups is 1. The van der Waals surface area contributed by atoms with Gasteiger partial charge in [-0.05, 0) is 24.1 Å². The van der Waals surface area contributed by atoms with Crippen molar-refractivity contribution in [3.63, 3.8) is 0 Å². The molecule has 19 heavy (non-hydrogen) atoms. The number of hydrogen-bond donors (Lipinski definition) is 1. The summed E-state index contributed by atoms with van der Waals surface area (Å²) in [4.78, 5) is 11.8. The van der Waals surface area contributed by atoms with E-state index < -0.39 is 0 Å². The molecule has 0 bridgehead atoms. The van der Waals surface area contributed by atoms with Crippen molar-refractivity contribution in [1.82, 2.24) is 0 Å². The van der Waals surface area contributed by atoms with E-state index in [0.717, 1.165) is 18.4 Å². The van der Waals surface area contributed by atoms with Crippen LogP contribution in [0.5, 0.6) is 5.75 Å². The second-order valence-corrected chi connectivity index (χ2v) is 5.26. The highest BCUT2D eigenvalue weighted by atomic mass is 16.3. The van der Waals surface area contributed by atoms with Crippen molar-refractivity contribution in [3.05, 3.63) is 29.8 Å². The molecule has 1 N–H and O–H groups in total. The summed E-state index contributed by atoms with van der Waals surface area (Å²) in [5, 5.41) is 9.33. The summed E-state index contributed by atoms with van der Waals surface area (Å²) in [6.07, 6.45) is 9.77. The number of Topliss-reactive ketones (excluding diaryl/α,β-unsaturated/α-hetero) is 1. The number of phenolic OH excluding ortho intramolecular Hbond substituents is 1. The number of carbonyl (C=O) groups excluding carboxylic acids is 1. The first-order valence-electron chi connectivity index (χ1n) is 7.52. The highest BCUT2D eigenvalue weighted by molar-refractivity contribution is 5.80. The van der Waals surface area contributed by atoms with E-state index in [2.05, 4.69) is 6.92 Å². The van der Waals surface area contributed by atoms with Crippen LogP contribution in [-0.2, 0) is 11.2 Å². The van der Waals surface area contributed by atoms with Crippen LogP contribution < -0.4 is 0 Å². The normalized spacial score (nSPS) is 10.6. The molecule has 0 aromatic heterocycles. The molecule has 0 fully saturated rings. The summed E-state index contributed by atoms with van der Waals surface area (Å²) < 4.78 is 0. The molecule has 1 aromatic carbocycles. The Labute approximate surface area is 116 Å². The fourth-order valence-corrected chi connectivity index (χ4v) is 2.26. The van der Waals surface area contributed by atoms with Gasteiger partial charge in [0.25, 0.3) is 0 Å². The molecular weight excluding hydrogens is 236 g/mol. The van der Waals surface area contributed by atoms with Crippen molar-refractivity contribution < 1.29 is 9.90 Å². The van der Waals surface area contributed by atoms with Crippen LogP contribution in [0.25, 0.3) is 0 Å². The predicted molar refractivity (Wildman–Crippen MR) is 79.4 cm³/mol. The van der Waals surface area contributed by atoms with E-state index in [-0.39, 0.29) is 11.5 Å². The Kier molecular flexibility index (Phi) is 7.95. The first-order valence-corrected chi connectivity index (χ1v) is 7.52. The van der Waals surface area contributed by atoms with Gasteiger partial charge in [0.1, 0.15) is 11.5 Å². The lowest BCUT2D eigenvalue weighted by molar-refractivity contribution is -0.118. The van der Waals surface area contributed by atoms with Crippen LogP contribution in [0.1, 0.15) is 63.9 Å². The smallest absolute Gasteiger partial charge is 0.137 e. The van der Waals surface area contributed by atoms with E-state index in [1.165, 1.54) is 32.1 Å². The summed E-state index contributed by atoms with van der Waals surface area (Å²) in [6, 6.07) is 6.97. The minimum Gasteiger partial charge on any atom is -0.508 e. The highest BCUT2D eigenvalue weighted by Crippen LogP contribution is 2.13. The van der Waals surface area contributed by atoms with E-state index in [1.807, 2.05) is 6.07 Å². The lowest BCUT2D eigenvalue weighted by Gasteiger charge is -2.03. The van der Waals surface area contributed by atoms with E-state index >= 15 is 0 Å².